The average Bonchev–Trinajstić information content (AvgIpc) is 3.33. The summed E-state index contributed by atoms with van der Waals surface area (Å²) in [4.78, 5) is 47.8. The Morgan fingerprint density at radius 2 is 1.79 bits per heavy atom. The molecule has 2 aliphatic rings. The van der Waals surface area contributed by atoms with Gasteiger partial charge in [0, 0.05) is 32.0 Å². The number of imide groups is 1. The van der Waals surface area contributed by atoms with Gasteiger partial charge < -0.3 is 19.6 Å². The number of aliphatic carboxylic acids is 1. The summed E-state index contributed by atoms with van der Waals surface area (Å²) >= 11 is 0. The minimum absolute atomic E-state index is 0.136. The van der Waals surface area contributed by atoms with Gasteiger partial charge in [-0.25, -0.2) is 14.7 Å². The number of alkyl halides is 3. The summed E-state index contributed by atoms with van der Waals surface area (Å²) in [6.45, 7) is 6.29. The van der Waals surface area contributed by atoms with Gasteiger partial charge in [0.05, 0.1) is 13.2 Å². The number of urea groups is 1. The van der Waals surface area contributed by atoms with Crippen molar-refractivity contribution in [3.8, 4) is 0 Å². The molecule has 2 saturated heterocycles. The summed E-state index contributed by atoms with van der Waals surface area (Å²) in [5.41, 5.74) is -0.0978. The van der Waals surface area contributed by atoms with Crippen molar-refractivity contribution in [1.29, 1.82) is 0 Å². The molecule has 0 bridgehead atoms. The number of halogens is 3. The van der Waals surface area contributed by atoms with E-state index >= 15 is 0 Å². The minimum Gasteiger partial charge on any atom is -0.475 e. The first-order chi connectivity index (χ1) is 15.9. The molecule has 0 unspecified atom stereocenters. The zero-order valence-corrected chi connectivity index (χ0v) is 18.2. The first kappa shape index (κ1) is 24.9. The number of carbonyl (C=O) groups excluding carboxylic acids is 2. The van der Waals surface area contributed by atoms with E-state index in [9.17, 15) is 22.8 Å². The first-order valence-corrected chi connectivity index (χ1v) is 10.0. The van der Waals surface area contributed by atoms with Crippen LogP contribution in [0.2, 0.25) is 0 Å². The third-order valence-electron chi connectivity index (χ3n) is 5.12. The Balaban J connectivity index is 0.000000406. The molecule has 0 aliphatic carbocycles. The van der Waals surface area contributed by atoms with Crippen molar-refractivity contribution in [2.45, 2.75) is 32.1 Å². The largest absolute Gasteiger partial charge is 0.490 e. The van der Waals surface area contributed by atoms with Gasteiger partial charge in [0.25, 0.3) is 5.91 Å². The van der Waals surface area contributed by atoms with Gasteiger partial charge in [0.15, 0.2) is 0 Å². The van der Waals surface area contributed by atoms with Crippen LogP contribution in [0.4, 0.5) is 29.9 Å². The second kappa shape index (κ2) is 9.62. The normalized spacial score (nSPS) is 18.1. The molecule has 0 aromatic carbocycles. The number of carboxylic acids is 1. The Bertz CT molecular complexity index is 1040. The van der Waals surface area contributed by atoms with E-state index in [2.05, 4.69) is 20.2 Å². The predicted octanol–water partition coefficient (Wildman–Crippen LogP) is 1.42. The van der Waals surface area contributed by atoms with E-state index in [4.69, 9.17) is 14.6 Å². The van der Waals surface area contributed by atoms with Crippen LogP contribution in [0.25, 0.3) is 0 Å². The Labute approximate surface area is 191 Å². The van der Waals surface area contributed by atoms with E-state index in [1.165, 1.54) is 4.90 Å². The summed E-state index contributed by atoms with van der Waals surface area (Å²) in [6, 6.07) is 3.22. The van der Waals surface area contributed by atoms with Gasteiger partial charge in [-0.05, 0) is 31.5 Å². The lowest BCUT2D eigenvalue weighted by Gasteiger charge is -2.27. The maximum absolute atomic E-state index is 13.0. The van der Waals surface area contributed by atoms with Crippen LogP contribution in [0.5, 0.6) is 0 Å². The number of carboxylic acid groups (broad SMARTS) is 1. The number of carbonyl (C=O) groups is 3. The van der Waals surface area contributed by atoms with Gasteiger partial charge >= 0.3 is 18.2 Å². The number of aromatic nitrogens is 4. The quantitative estimate of drug-likeness (QED) is 0.614. The van der Waals surface area contributed by atoms with Crippen LogP contribution in [0, 0.1) is 0 Å². The van der Waals surface area contributed by atoms with Gasteiger partial charge in [-0.2, -0.15) is 23.1 Å². The predicted molar refractivity (Wildman–Crippen MR) is 110 cm³/mol. The lowest BCUT2D eigenvalue weighted by Crippen LogP contribution is -2.43. The molecule has 4 rings (SSSR count). The van der Waals surface area contributed by atoms with Crippen LogP contribution in [0.3, 0.4) is 0 Å². The second-order valence-electron chi connectivity index (χ2n) is 7.79. The fourth-order valence-corrected chi connectivity index (χ4v) is 3.21. The van der Waals surface area contributed by atoms with E-state index in [1.54, 1.807) is 26.2 Å². The highest BCUT2D eigenvalue weighted by atomic mass is 19.4. The Kier molecular flexibility index (Phi) is 7.04. The molecule has 2 aromatic heterocycles. The van der Waals surface area contributed by atoms with E-state index in [0.29, 0.717) is 38.8 Å². The molecule has 12 nitrogen and oxygen atoms in total. The smallest absolute Gasteiger partial charge is 0.475 e. The summed E-state index contributed by atoms with van der Waals surface area (Å²) < 4.78 is 37.1. The molecule has 34 heavy (non-hydrogen) atoms. The number of nitrogens with one attached hydrogen (secondary N) is 1. The second-order valence-corrected chi connectivity index (χ2v) is 7.79. The Morgan fingerprint density at radius 1 is 1.21 bits per heavy atom. The number of hydrogen-bond donors (Lipinski definition) is 2. The molecule has 0 spiro atoms. The molecule has 15 heteroatoms. The van der Waals surface area contributed by atoms with Crippen molar-refractivity contribution >= 4 is 29.8 Å². The van der Waals surface area contributed by atoms with Crippen molar-refractivity contribution in [3.63, 3.8) is 0 Å². The average molecular weight is 485 g/mol. The third kappa shape index (κ3) is 5.24. The molecule has 0 radical (unpaired) electrons. The summed E-state index contributed by atoms with van der Waals surface area (Å²) in [5.74, 6) is -2.50. The van der Waals surface area contributed by atoms with Crippen LogP contribution in [-0.4, -0.2) is 86.1 Å². The molecular formula is C19H22F3N7O5. The maximum atomic E-state index is 13.0. The van der Waals surface area contributed by atoms with Crippen molar-refractivity contribution in [3.05, 3.63) is 30.1 Å². The van der Waals surface area contributed by atoms with Crippen LogP contribution in [-0.2, 0) is 20.9 Å². The van der Waals surface area contributed by atoms with Crippen LogP contribution in [0.15, 0.2) is 24.5 Å². The molecule has 0 atom stereocenters. The van der Waals surface area contributed by atoms with Crippen molar-refractivity contribution in [1.82, 2.24) is 25.1 Å². The monoisotopic (exact) mass is 485 g/mol. The number of nitrogens with zero attached hydrogens (tertiary/aromatic N) is 6. The standard InChI is InChI=1S/C17H21N7O3.C2HF3O2/c1-17(2)13(25)24(16(26)23(17)11-12-3-5-18-6-4-12)15-19-14(20-21-15)22-7-9-27-10-8-22;3-2(4,5)1(6)7/h3-6H,7-11H2,1-2H3,(H,19,20,21);(H,6,7). The number of hydrogen-bond acceptors (Lipinski definition) is 8. The van der Waals surface area contributed by atoms with Gasteiger partial charge in [-0.15, -0.1) is 5.10 Å². The summed E-state index contributed by atoms with van der Waals surface area (Å²) in [5, 5.41) is 14.0. The lowest BCUT2D eigenvalue weighted by molar-refractivity contribution is -0.192. The Hall–Kier alpha value is -3.75. The number of ether oxygens (including phenoxy) is 1. The summed E-state index contributed by atoms with van der Waals surface area (Å²) in [7, 11) is 0. The van der Waals surface area contributed by atoms with Gasteiger partial charge in [0.1, 0.15) is 5.54 Å². The number of morpholine rings is 1. The van der Waals surface area contributed by atoms with Crippen molar-refractivity contribution in [2.75, 3.05) is 36.1 Å². The molecule has 2 aliphatic heterocycles. The van der Waals surface area contributed by atoms with Crippen molar-refractivity contribution < 1.29 is 37.4 Å². The van der Waals surface area contributed by atoms with E-state index in [1.807, 2.05) is 17.0 Å². The minimum atomic E-state index is -5.08. The number of rotatable bonds is 4. The highest BCUT2D eigenvalue weighted by Gasteiger charge is 2.53. The van der Waals surface area contributed by atoms with Crippen LogP contribution in [0.1, 0.15) is 19.4 Å². The number of pyridine rings is 1. The highest BCUT2D eigenvalue weighted by molar-refractivity contribution is 6.22. The van der Waals surface area contributed by atoms with E-state index < -0.39 is 23.7 Å². The van der Waals surface area contributed by atoms with Crippen molar-refractivity contribution in [2.24, 2.45) is 0 Å². The van der Waals surface area contributed by atoms with E-state index in [-0.39, 0.29) is 11.9 Å². The zero-order valence-electron chi connectivity index (χ0n) is 18.2. The zero-order chi connectivity index (χ0) is 25.1. The third-order valence-corrected chi connectivity index (χ3v) is 5.12. The van der Waals surface area contributed by atoms with Crippen LogP contribution < -0.4 is 9.80 Å². The number of aromatic amines is 1. The number of anilines is 2. The SMILES string of the molecule is CC1(C)C(=O)N(c2nc(N3CCOCC3)n[nH]2)C(=O)N1Cc1ccncc1.O=C(O)C(F)(F)F. The number of amides is 3. The fourth-order valence-electron chi connectivity index (χ4n) is 3.21. The van der Waals surface area contributed by atoms with Gasteiger partial charge in [-0.3, -0.25) is 9.78 Å². The van der Waals surface area contributed by atoms with Gasteiger partial charge in [0.2, 0.25) is 11.9 Å². The fraction of sp³-hybridized carbons (Fsp3) is 0.474. The molecule has 184 valence electrons. The number of H-pyrrole nitrogens is 1. The molecule has 4 heterocycles. The molecule has 2 N–H and O–H groups in total. The molecule has 0 saturated carbocycles. The summed E-state index contributed by atoms with van der Waals surface area (Å²) in [6.07, 6.45) is -1.76. The molecule has 2 fully saturated rings. The molecule has 3 amide bonds. The highest BCUT2D eigenvalue weighted by Crippen LogP contribution is 2.32. The topological polar surface area (TPSA) is 145 Å². The molecular weight excluding hydrogens is 463 g/mol. The molecule has 2 aromatic rings. The van der Waals surface area contributed by atoms with Gasteiger partial charge in [-0.1, -0.05) is 0 Å². The lowest BCUT2D eigenvalue weighted by atomic mass is 10.0. The Morgan fingerprint density at radius 3 is 2.35 bits per heavy atom. The first-order valence-electron chi connectivity index (χ1n) is 10.0. The van der Waals surface area contributed by atoms with Crippen LogP contribution >= 0.6 is 0 Å². The van der Waals surface area contributed by atoms with E-state index in [0.717, 1.165) is 10.5 Å². The maximum Gasteiger partial charge on any atom is 0.490 e.